The molecule has 0 radical (unpaired) electrons. The van der Waals surface area contributed by atoms with Gasteiger partial charge in [0.05, 0.1) is 12.2 Å². The van der Waals surface area contributed by atoms with Crippen LogP contribution in [0, 0.1) is 6.92 Å². The predicted molar refractivity (Wildman–Crippen MR) is 107 cm³/mol. The third-order valence-corrected chi connectivity index (χ3v) is 5.47. The van der Waals surface area contributed by atoms with Crippen LogP contribution in [-0.2, 0) is 19.5 Å². The third-order valence-electron chi connectivity index (χ3n) is 5.47. The summed E-state index contributed by atoms with van der Waals surface area (Å²) in [6, 6.07) is 16.6. The third kappa shape index (κ3) is 3.68. The van der Waals surface area contributed by atoms with Crippen LogP contribution >= 0.6 is 0 Å². The normalized spacial score (nSPS) is 15.1. The van der Waals surface area contributed by atoms with Gasteiger partial charge in [0.2, 0.25) is 0 Å². The Morgan fingerprint density at radius 2 is 1.96 bits per heavy atom. The minimum atomic E-state index is -0.496. The van der Waals surface area contributed by atoms with E-state index >= 15 is 0 Å². The standard InChI is InChI=1S/C23H26N2O2/c1-16-10-11-21-20(12-16)19-8-5-9-22(27)23(19)25(21)15-18(26)14-24-13-17-6-3-2-4-7-17/h2-4,6-7,10-12,18,24,26H,5,8-9,13-15H2,1H3/p+1/t18-/m1/s1. The molecule has 0 fully saturated rings. The average molecular weight is 363 g/mol. The van der Waals surface area contributed by atoms with Crippen LogP contribution in [0.5, 0.6) is 0 Å². The summed E-state index contributed by atoms with van der Waals surface area (Å²) in [5.74, 6) is 0.213. The van der Waals surface area contributed by atoms with Gasteiger partial charge in [-0.25, -0.2) is 0 Å². The highest BCUT2D eigenvalue weighted by Gasteiger charge is 2.27. The van der Waals surface area contributed by atoms with Gasteiger partial charge in [-0.3, -0.25) is 4.79 Å². The van der Waals surface area contributed by atoms with Crippen molar-refractivity contribution >= 4 is 16.7 Å². The lowest BCUT2D eigenvalue weighted by Gasteiger charge is -2.17. The van der Waals surface area contributed by atoms with Crippen LogP contribution in [0.3, 0.4) is 0 Å². The summed E-state index contributed by atoms with van der Waals surface area (Å²) in [6.45, 7) is 4.01. The van der Waals surface area contributed by atoms with Crippen LogP contribution < -0.4 is 5.32 Å². The number of carbonyl (C=O) groups is 1. The molecule has 0 bridgehead atoms. The summed E-state index contributed by atoms with van der Waals surface area (Å²) in [6.07, 6.45) is 1.99. The molecule has 0 amide bonds. The van der Waals surface area contributed by atoms with E-state index in [9.17, 15) is 9.90 Å². The quantitative estimate of drug-likeness (QED) is 0.707. The van der Waals surface area contributed by atoms with Gasteiger partial charge in [-0.05, 0) is 37.5 Å². The second-order valence-corrected chi connectivity index (χ2v) is 7.60. The molecular weight excluding hydrogens is 336 g/mol. The summed E-state index contributed by atoms with van der Waals surface area (Å²) >= 11 is 0. The minimum Gasteiger partial charge on any atom is -0.385 e. The molecule has 0 saturated heterocycles. The molecule has 1 heterocycles. The molecule has 0 aliphatic heterocycles. The number of Topliss-reactive ketones (excluding diaryl/α,β-unsaturated/α-hetero) is 1. The lowest BCUT2D eigenvalue weighted by molar-refractivity contribution is -0.676. The number of nitrogens with two attached hydrogens (primary N) is 1. The molecule has 4 heteroatoms. The van der Waals surface area contributed by atoms with E-state index in [4.69, 9.17) is 0 Å². The highest BCUT2D eigenvalue weighted by molar-refractivity contribution is 6.04. The molecule has 27 heavy (non-hydrogen) atoms. The SMILES string of the molecule is Cc1ccc2c(c1)c1c(n2C[C@H](O)C[NH2+]Cc2ccccc2)C(=O)CCC1. The molecule has 0 unspecified atom stereocenters. The predicted octanol–water partition coefficient (Wildman–Crippen LogP) is 2.59. The first-order chi connectivity index (χ1) is 13.1. The Balaban J connectivity index is 1.54. The molecule has 0 spiro atoms. The van der Waals surface area contributed by atoms with Crippen LogP contribution in [0.4, 0.5) is 0 Å². The summed E-state index contributed by atoms with van der Waals surface area (Å²) in [5, 5.41) is 13.9. The van der Waals surface area contributed by atoms with Crippen molar-refractivity contribution in [1.82, 2.24) is 4.57 Å². The van der Waals surface area contributed by atoms with Crippen LogP contribution in [-0.4, -0.2) is 28.1 Å². The Labute approximate surface area is 159 Å². The summed E-state index contributed by atoms with van der Waals surface area (Å²) in [7, 11) is 0. The number of aliphatic hydroxyl groups is 1. The maximum absolute atomic E-state index is 12.6. The van der Waals surface area contributed by atoms with Crippen molar-refractivity contribution in [3.8, 4) is 0 Å². The fourth-order valence-corrected chi connectivity index (χ4v) is 4.19. The second kappa shape index (κ2) is 7.67. The first-order valence-corrected chi connectivity index (χ1v) is 9.82. The number of carbonyl (C=O) groups excluding carboxylic acids is 1. The molecule has 1 aliphatic carbocycles. The van der Waals surface area contributed by atoms with E-state index in [0.717, 1.165) is 30.6 Å². The maximum atomic E-state index is 12.6. The number of fused-ring (bicyclic) bond motifs is 3. The zero-order valence-electron chi connectivity index (χ0n) is 15.8. The number of aromatic nitrogens is 1. The number of rotatable bonds is 6. The Morgan fingerprint density at radius 1 is 1.15 bits per heavy atom. The number of benzene rings is 2. The molecule has 1 aromatic heterocycles. The molecule has 140 valence electrons. The first kappa shape index (κ1) is 18.0. The van der Waals surface area contributed by atoms with Gasteiger partial charge >= 0.3 is 0 Å². The number of ketones is 1. The molecule has 1 aliphatic rings. The highest BCUT2D eigenvalue weighted by atomic mass is 16.3. The molecular formula is C23H27N2O2+. The highest BCUT2D eigenvalue weighted by Crippen LogP contribution is 2.33. The second-order valence-electron chi connectivity index (χ2n) is 7.60. The zero-order chi connectivity index (χ0) is 18.8. The van der Waals surface area contributed by atoms with Crippen molar-refractivity contribution in [2.24, 2.45) is 0 Å². The molecule has 1 atom stereocenters. The lowest BCUT2D eigenvalue weighted by atomic mass is 9.94. The van der Waals surface area contributed by atoms with Gasteiger partial charge in [-0.15, -0.1) is 0 Å². The van der Waals surface area contributed by atoms with E-state index in [0.29, 0.717) is 19.5 Å². The van der Waals surface area contributed by atoms with Gasteiger partial charge in [0.1, 0.15) is 19.2 Å². The average Bonchev–Trinajstić information content (AvgIpc) is 2.97. The summed E-state index contributed by atoms with van der Waals surface area (Å²) < 4.78 is 2.06. The Kier molecular flexibility index (Phi) is 5.10. The number of hydrogen-bond acceptors (Lipinski definition) is 2. The Morgan fingerprint density at radius 3 is 2.78 bits per heavy atom. The van der Waals surface area contributed by atoms with Gasteiger partial charge < -0.3 is 15.0 Å². The van der Waals surface area contributed by atoms with E-state index in [-0.39, 0.29) is 5.78 Å². The number of quaternary nitrogens is 1. The molecule has 2 aromatic carbocycles. The lowest BCUT2D eigenvalue weighted by Crippen LogP contribution is -2.85. The van der Waals surface area contributed by atoms with Gasteiger partial charge in [0.15, 0.2) is 5.78 Å². The fraction of sp³-hybridized carbons (Fsp3) is 0.348. The monoisotopic (exact) mass is 363 g/mol. The number of hydrogen-bond donors (Lipinski definition) is 2. The largest absolute Gasteiger partial charge is 0.385 e. The van der Waals surface area contributed by atoms with Gasteiger partial charge in [-0.2, -0.15) is 0 Å². The van der Waals surface area contributed by atoms with Gasteiger partial charge in [0, 0.05) is 22.9 Å². The van der Waals surface area contributed by atoms with E-state index in [1.165, 1.54) is 22.1 Å². The smallest absolute Gasteiger partial charge is 0.179 e. The molecule has 3 N–H and O–H groups in total. The van der Waals surface area contributed by atoms with Crippen molar-refractivity contribution in [3.63, 3.8) is 0 Å². The van der Waals surface area contributed by atoms with Crippen molar-refractivity contribution < 1.29 is 15.2 Å². The topological polar surface area (TPSA) is 58.8 Å². The number of aryl methyl sites for hydroxylation is 2. The van der Waals surface area contributed by atoms with Crippen LogP contribution in [0.1, 0.15) is 40.0 Å². The van der Waals surface area contributed by atoms with Gasteiger partial charge in [-0.1, -0.05) is 42.0 Å². The molecule has 4 nitrogen and oxygen atoms in total. The molecule has 3 aromatic rings. The Hall–Kier alpha value is -2.43. The van der Waals surface area contributed by atoms with Crippen molar-refractivity contribution in [2.75, 3.05) is 6.54 Å². The first-order valence-electron chi connectivity index (χ1n) is 9.82. The van der Waals surface area contributed by atoms with E-state index in [2.05, 4.69) is 47.1 Å². The molecule has 4 rings (SSSR count). The summed E-state index contributed by atoms with van der Waals surface area (Å²) in [5.41, 5.74) is 5.52. The van der Waals surface area contributed by atoms with Crippen molar-refractivity contribution in [1.29, 1.82) is 0 Å². The van der Waals surface area contributed by atoms with E-state index < -0.39 is 6.10 Å². The summed E-state index contributed by atoms with van der Waals surface area (Å²) in [4.78, 5) is 12.6. The zero-order valence-corrected chi connectivity index (χ0v) is 15.8. The van der Waals surface area contributed by atoms with Crippen LogP contribution in [0.2, 0.25) is 0 Å². The van der Waals surface area contributed by atoms with E-state index in [1.807, 2.05) is 18.2 Å². The number of nitrogens with zero attached hydrogens (tertiary/aromatic N) is 1. The molecule has 0 saturated carbocycles. The van der Waals surface area contributed by atoms with Crippen molar-refractivity contribution in [2.45, 2.75) is 45.4 Å². The van der Waals surface area contributed by atoms with Gasteiger partial charge in [0.25, 0.3) is 0 Å². The number of aliphatic hydroxyl groups excluding tert-OH is 1. The minimum absolute atomic E-state index is 0.213. The van der Waals surface area contributed by atoms with E-state index in [1.54, 1.807) is 0 Å². The maximum Gasteiger partial charge on any atom is 0.179 e. The van der Waals surface area contributed by atoms with Crippen LogP contribution in [0.25, 0.3) is 10.9 Å². The van der Waals surface area contributed by atoms with Crippen molar-refractivity contribution in [3.05, 3.63) is 70.9 Å². The Bertz CT molecular complexity index is 959. The van der Waals surface area contributed by atoms with Crippen LogP contribution in [0.15, 0.2) is 48.5 Å². The fourth-order valence-electron chi connectivity index (χ4n) is 4.19.